The number of aromatic amines is 2. The number of carbonyl (C=O) groups excluding carboxylic acids is 1. The molecule has 2 aromatic rings. The monoisotopic (exact) mass is 287 g/mol. The lowest BCUT2D eigenvalue weighted by molar-refractivity contribution is 0.0939. The molecule has 4 N–H and O–H groups in total. The third-order valence-corrected chi connectivity index (χ3v) is 2.89. The topological polar surface area (TPSA) is 103 Å². The largest absolute Gasteiger partial charge is 0.381 e. The van der Waals surface area contributed by atoms with Crippen LogP contribution in [0.3, 0.4) is 0 Å². The first kappa shape index (κ1) is 14.6. The number of nitrogens with zero attached hydrogens (tertiary/aromatic N) is 1. The van der Waals surface area contributed by atoms with Crippen LogP contribution in [-0.4, -0.2) is 27.6 Å². The highest BCUT2D eigenvalue weighted by molar-refractivity contribution is 5.99. The van der Waals surface area contributed by atoms with Gasteiger partial charge in [-0.15, -0.1) is 6.58 Å². The molecule has 0 spiro atoms. The van der Waals surface area contributed by atoms with Gasteiger partial charge in [-0.1, -0.05) is 18.2 Å². The normalized spacial score (nSPS) is 11.7. The Hall–Kier alpha value is -2.83. The van der Waals surface area contributed by atoms with Crippen LogP contribution in [0.2, 0.25) is 0 Å². The van der Waals surface area contributed by atoms with E-state index in [0.717, 1.165) is 5.69 Å². The van der Waals surface area contributed by atoms with E-state index in [1.165, 1.54) is 0 Å². The van der Waals surface area contributed by atoms with Crippen molar-refractivity contribution >= 4 is 11.6 Å². The highest BCUT2D eigenvalue weighted by Gasteiger charge is 2.16. The van der Waals surface area contributed by atoms with Crippen molar-refractivity contribution in [2.24, 2.45) is 0 Å². The zero-order chi connectivity index (χ0) is 15.2. The van der Waals surface area contributed by atoms with Crippen LogP contribution in [0.4, 0.5) is 5.69 Å². The zero-order valence-corrected chi connectivity index (χ0v) is 11.6. The number of amides is 1. The summed E-state index contributed by atoms with van der Waals surface area (Å²) in [5.41, 5.74) is 0.834. The van der Waals surface area contributed by atoms with Crippen molar-refractivity contribution in [2.75, 3.05) is 11.9 Å². The predicted octanol–water partition coefficient (Wildman–Crippen LogP) is 1.19. The van der Waals surface area contributed by atoms with Crippen LogP contribution in [0.15, 0.2) is 41.7 Å². The lowest BCUT2D eigenvalue weighted by Gasteiger charge is -2.14. The minimum absolute atomic E-state index is 0.251. The summed E-state index contributed by atoms with van der Waals surface area (Å²) in [5, 5.41) is 12.0. The van der Waals surface area contributed by atoms with E-state index in [9.17, 15) is 9.59 Å². The van der Waals surface area contributed by atoms with Crippen LogP contribution < -0.4 is 16.3 Å². The fraction of sp³-hybridized carbons (Fsp3) is 0.214. The molecule has 1 amide bonds. The van der Waals surface area contributed by atoms with Crippen molar-refractivity contribution < 1.29 is 4.79 Å². The van der Waals surface area contributed by atoms with Gasteiger partial charge in [0.2, 0.25) is 0 Å². The van der Waals surface area contributed by atoms with Crippen molar-refractivity contribution in [3.8, 4) is 0 Å². The van der Waals surface area contributed by atoms with Gasteiger partial charge in [-0.05, 0) is 19.1 Å². The van der Waals surface area contributed by atoms with E-state index in [2.05, 4.69) is 32.4 Å². The number of rotatable bonds is 6. The average Bonchev–Trinajstić information content (AvgIpc) is 2.92. The van der Waals surface area contributed by atoms with Gasteiger partial charge in [0.1, 0.15) is 0 Å². The van der Waals surface area contributed by atoms with Crippen LogP contribution in [0.5, 0.6) is 0 Å². The molecule has 0 saturated carbocycles. The van der Waals surface area contributed by atoms with Gasteiger partial charge in [-0.3, -0.25) is 9.78 Å². The van der Waals surface area contributed by atoms with E-state index < -0.39 is 11.7 Å². The third-order valence-electron chi connectivity index (χ3n) is 2.89. The first-order chi connectivity index (χ1) is 10.1. The molecule has 1 aromatic heterocycles. The first-order valence-corrected chi connectivity index (χ1v) is 6.51. The Kier molecular flexibility index (Phi) is 4.55. The Morgan fingerprint density at radius 2 is 2.24 bits per heavy atom. The fourth-order valence-corrected chi connectivity index (χ4v) is 1.85. The van der Waals surface area contributed by atoms with Crippen molar-refractivity contribution in [2.45, 2.75) is 13.0 Å². The molecule has 7 nitrogen and oxygen atoms in total. The quantitative estimate of drug-likeness (QED) is 0.599. The van der Waals surface area contributed by atoms with Crippen LogP contribution in [0.1, 0.15) is 29.1 Å². The Bertz CT molecular complexity index is 688. The number of hydrogen-bond acceptors (Lipinski definition) is 4. The molecule has 0 aliphatic rings. The molecule has 0 bridgehead atoms. The van der Waals surface area contributed by atoms with E-state index in [0.29, 0.717) is 17.9 Å². The molecule has 110 valence electrons. The summed E-state index contributed by atoms with van der Waals surface area (Å²) >= 11 is 0. The molecule has 1 aromatic carbocycles. The number of H-pyrrole nitrogens is 2. The van der Waals surface area contributed by atoms with Crippen molar-refractivity contribution in [1.29, 1.82) is 0 Å². The number of benzene rings is 1. The fourth-order valence-electron chi connectivity index (χ4n) is 1.85. The summed E-state index contributed by atoms with van der Waals surface area (Å²) < 4.78 is 0. The Morgan fingerprint density at radius 3 is 2.90 bits per heavy atom. The highest BCUT2D eigenvalue weighted by Crippen LogP contribution is 2.16. The van der Waals surface area contributed by atoms with Crippen molar-refractivity contribution in [3.63, 3.8) is 0 Å². The number of carbonyl (C=O) groups is 1. The maximum absolute atomic E-state index is 12.3. The van der Waals surface area contributed by atoms with Gasteiger partial charge in [-0.2, -0.15) is 5.10 Å². The second-order valence-electron chi connectivity index (χ2n) is 4.47. The Labute approximate surface area is 121 Å². The molecule has 21 heavy (non-hydrogen) atoms. The second-order valence-corrected chi connectivity index (χ2v) is 4.47. The van der Waals surface area contributed by atoms with Gasteiger partial charge in [-0.25, -0.2) is 9.89 Å². The Morgan fingerprint density at radius 1 is 1.48 bits per heavy atom. The van der Waals surface area contributed by atoms with Gasteiger partial charge in [0, 0.05) is 12.2 Å². The molecule has 0 fully saturated rings. The maximum atomic E-state index is 12.3. The predicted molar refractivity (Wildman–Crippen MR) is 80.2 cm³/mol. The van der Waals surface area contributed by atoms with Crippen LogP contribution in [-0.2, 0) is 0 Å². The zero-order valence-electron chi connectivity index (χ0n) is 11.6. The molecule has 1 heterocycles. The second kappa shape index (κ2) is 6.56. The van der Waals surface area contributed by atoms with Crippen LogP contribution in [0.25, 0.3) is 0 Å². The molecule has 7 heteroatoms. The van der Waals surface area contributed by atoms with Gasteiger partial charge < -0.3 is 10.6 Å². The lowest BCUT2D eigenvalue weighted by Crippen LogP contribution is -2.28. The molecule has 0 aliphatic carbocycles. The molecule has 2 rings (SSSR count). The average molecular weight is 287 g/mol. The number of nitrogens with one attached hydrogen (secondary N) is 4. The van der Waals surface area contributed by atoms with E-state index in [-0.39, 0.29) is 5.91 Å². The number of anilines is 1. The van der Waals surface area contributed by atoms with Crippen molar-refractivity contribution in [3.05, 3.63) is 58.8 Å². The van der Waals surface area contributed by atoms with E-state index >= 15 is 0 Å². The van der Waals surface area contributed by atoms with E-state index in [4.69, 9.17) is 0 Å². The summed E-state index contributed by atoms with van der Waals surface area (Å²) in [7, 11) is 0. The lowest BCUT2D eigenvalue weighted by atomic mass is 10.1. The van der Waals surface area contributed by atoms with E-state index in [1.807, 2.05) is 12.1 Å². The van der Waals surface area contributed by atoms with Crippen LogP contribution in [0, 0.1) is 0 Å². The number of aromatic nitrogens is 3. The number of hydrogen-bond donors (Lipinski definition) is 4. The highest BCUT2D eigenvalue weighted by atomic mass is 16.2. The van der Waals surface area contributed by atoms with Crippen LogP contribution >= 0.6 is 0 Å². The number of para-hydroxylation sites is 1. The van der Waals surface area contributed by atoms with Gasteiger partial charge in [0.05, 0.1) is 11.6 Å². The summed E-state index contributed by atoms with van der Waals surface area (Å²) in [6.45, 7) is 5.93. The third kappa shape index (κ3) is 3.59. The molecule has 0 saturated heterocycles. The van der Waals surface area contributed by atoms with Crippen molar-refractivity contribution in [1.82, 2.24) is 20.5 Å². The molecule has 0 radical (unpaired) electrons. The van der Waals surface area contributed by atoms with E-state index in [1.54, 1.807) is 25.1 Å². The summed E-state index contributed by atoms with van der Waals surface area (Å²) in [4.78, 5) is 25.8. The molecular weight excluding hydrogens is 270 g/mol. The Balaban J connectivity index is 2.13. The summed E-state index contributed by atoms with van der Waals surface area (Å²) in [6.07, 6.45) is 1.71. The van der Waals surface area contributed by atoms with Gasteiger partial charge in [0.25, 0.3) is 5.91 Å². The van der Waals surface area contributed by atoms with Gasteiger partial charge in [0.15, 0.2) is 5.82 Å². The smallest absolute Gasteiger partial charge is 0.340 e. The SMILES string of the molecule is C=CCNc1ccccc1C(=O)N[C@H](C)c1n[nH]c(=O)[nH]1. The molecular formula is C14H17N5O2. The summed E-state index contributed by atoms with van der Waals surface area (Å²) in [5.74, 6) is 0.128. The summed E-state index contributed by atoms with van der Waals surface area (Å²) in [6, 6.07) is 6.76. The standard InChI is InChI=1S/C14H17N5O2/c1-3-8-15-11-7-5-4-6-10(11)13(20)16-9(2)12-17-14(21)19-18-12/h3-7,9,15H,1,8H2,2H3,(H,16,20)(H2,17,18,19,21)/t9-/m1/s1. The molecule has 1 atom stereocenters. The molecule has 0 aliphatic heterocycles. The first-order valence-electron chi connectivity index (χ1n) is 6.51. The molecule has 0 unspecified atom stereocenters. The van der Waals surface area contributed by atoms with Gasteiger partial charge >= 0.3 is 5.69 Å². The maximum Gasteiger partial charge on any atom is 0.340 e. The minimum Gasteiger partial charge on any atom is -0.381 e. The minimum atomic E-state index is -0.413.